The fourth-order valence-corrected chi connectivity index (χ4v) is 2.57. The fourth-order valence-electron chi connectivity index (χ4n) is 2.57. The van der Waals surface area contributed by atoms with Crippen LogP contribution in [-0.4, -0.2) is 65.5 Å². The lowest BCUT2D eigenvalue weighted by Crippen LogP contribution is -2.44. The molecule has 1 aromatic rings. The number of hydrogen-bond acceptors (Lipinski definition) is 4. The number of aromatic nitrogens is 1. The number of carbonyl (C=O) groups excluding carboxylic acids is 2. The Hall–Kier alpha value is -2.16. The lowest BCUT2D eigenvalue weighted by atomic mass is 10.2. The van der Waals surface area contributed by atoms with Crippen LogP contribution >= 0.6 is 0 Å². The molecule has 2 amide bonds. The van der Waals surface area contributed by atoms with Crippen molar-refractivity contribution in [1.82, 2.24) is 14.8 Å². The summed E-state index contributed by atoms with van der Waals surface area (Å²) in [6.07, 6.45) is -2.55. The number of hydrogen-bond donors (Lipinski definition) is 1. The summed E-state index contributed by atoms with van der Waals surface area (Å²) >= 11 is 0. The van der Waals surface area contributed by atoms with Gasteiger partial charge in [-0.15, -0.1) is 0 Å². The Labute approximate surface area is 137 Å². The molecule has 0 radical (unpaired) electrons. The normalized spacial score (nSPS) is 18.3. The highest BCUT2D eigenvalue weighted by Crippen LogP contribution is 2.22. The highest BCUT2D eigenvalue weighted by atomic mass is 19.4. The molecule has 0 unspecified atom stereocenters. The molecule has 24 heavy (non-hydrogen) atoms. The van der Waals surface area contributed by atoms with Gasteiger partial charge in [-0.05, 0) is 32.0 Å². The van der Waals surface area contributed by atoms with Gasteiger partial charge in [-0.2, -0.15) is 13.2 Å². The number of likely N-dealkylation sites (N-methyl/N-ethyl adjacent to an activating group) is 1. The second kappa shape index (κ2) is 7.16. The molecule has 9 heteroatoms. The second-order valence-electron chi connectivity index (χ2n) is 5.86. The van der Waals surface area contributed by atoms with Crippen LogP contribution in [0.4, 0.5) is 19.0 Å². The standard InChI is InChI=1S/C15H19F3N4O2/c1-10-3-4-12(19-7-10)20-13(23)8-21(2)11-5-6-22(14(11)24)9-15(16,17)18/h3-4,7,11H,5-6,8-9H2,1-2H3,(H,19,20,23)/t11-/m1/s1. The average Bonchev–Trinajstić information content (AvgIpc) is 2.81. The van der Waals surface area contributed by atoms with E-state index in [0.717, 1.165) is 10.5 Å². The van der Waals surface area contributed by atoms with Gasteiger partial charge in [-0.25, -0.2) is 4.98 Å². The van der Waals surface area contributed by atoms with Crippen molar-refractivity contribution in [3.8, 4) is 0 Å². The summed E-state index contributed by atoms with van der Waals surface area (Å²) in [6, 6.07) is 2.73. The van der Waals surface area contributed by atoms with Gasteiger partial charge in [0.2, 0.25) is 11.8 Å². The summed E-state index contributed by atoms with van der Waals surface area (Å²) in [5.74, 6) is -0.595. The number of pyridine rings is 1. The maximum absolute atomic E-state index is 12.4. The van der Waals surface area contributed by atoms with E-state index in [4.69, 9.17) is 0 Å². The van der Waals surface area contributed by atoms with Gasteiger partial charge in [-0.3, -0.25) is 14.5 Å². The Balaban J connectivity index is 1.88. The van der Waals surface area contributed by atoms with Crippen LogP contribution in [0.2, 0.25) is 0 Å². The molecule has 132 valence electrons. The van der Waals surface area contributed by atoms with E-state index in [0.29, 0.717) is 5.82 Å². The molecule has 0 aliphatic carbocycles. The van der Waals surface area contributed by atoms with Gasteiger partial charge in [0.25, 0.3) is 0 Å². The summed E-state index contributed by atoms with van der Waals surface area (Å²) in [7, 11) is 1.54. The van der Waals surface area contributed by atoms with E-state index in [-0.39, 0.29) is 25.4 Å². The third-order valence-electron chi connectivity index (χ3n) is 3.74. The van der Waals surface area contributed by atoms with Gasteiger partial charge < -0.3 is 10.2 Å². The van der Waals surface area contributed by atoms with Gasteiger partial charge >= 0.3 is 6.18 Å². The van der Waals surface area contributed by atoms with Crippen LogP contribution in [0.15, 0.2) is 18.3 Å². The van der Waals surface area contributed by atoms with E-state index in [1.807, 2.05) is 6.92 Å². The second-order valence-corrected chi connectivity index (χ2v) is 5.86. The predicted molar refractivity (Wildman–Crippen MR) is 81.3 cm³/mol. The van der Waals surface area contributed by atoms with Gasteiger partial charge in [-0.1, -0.05) is 6.07 Å². The average molecular weight is 344 g/mol. The van der Waals surface area contributed by atoms with Crippen molar-refractivity contribution in [3.05, 3.63) is 23.9 Å². The van der Waals surface area contributed by atoms with Gasteiger partial charge in [0.15, 0.2) is 0 Å². The monoisotopic (exact) mass is 344 g/mol. The summed E-state index contributed by atoms with van der Waals surface area (Å²) in [6.45, 7) is 0.542. The summed E-state index contributed by atoms with van der Waals surface area (Å²) in [5.41, 5.74) is 0.950. The van der Waals surface area contributed by atoms with Crippen LogP contribution in [0.5, 0.6) is 0 Å². The summed E-state index contributed by atoms with van der Waals surface area (Å²) in [4.78, 5) is 30.3. The number of alkyl halides is 3. The zero-order chi connectivity index (χ0) is 17.9. The largest absolute Gasteiger partial charge is 0.406 e. The first kappa shape index (κ1) is 18.2. The van der Waals surface area contributed by atoms with Crippen molar-refractivity contribution in [3.63, 3.8) is 0 Å². The molecule has 1 fully saturated rings. The minimum atomic E-state index is -4.42. The van der Waals surface area contributed by atoms with Crippen LogP contribution in [0.3, 0.4) is 0 Å². The Bertz CT molecular complexity index is 604. The lowest BCUT2D eigenvalue weighted by molar-refractivity contribution is -0.159. The van der Waals surface area contributed by atoms with Gasteiger partial charge in [0, 0.05) is 12.7 Å². The predicted octanol–water partition coefficient (Wildman–Crippen LogP) is 1.42. The Kier molecular flexibility index (Phi) is 5.43. The number of amides is 2. The van der Waals surface area contributed by atoms with E-state index < -0.39 is 24.7 Å². The molecule has 1 atom stereocenters. The third-order valence-corrected chi connectivity index (χ3v) is 3.74. The van der Waals surface area contributed by atoms with Gasteiger partial charge in [0.05, 0.1) is 12.6 Å². The van der Waals surface area contributed by atoms with E-state index in [1.165, 1.54) is 4.90 Å². The van der Waals surface area contributed by atoms with Gasteiger partial charge in [0.1, 0.15) is 12.4 Å². The van der Waals surface area contributed by atoms with E-state index in [9.17, 15) is 22.8 Å². The SMILES string of the molecule is Cc1ccc(NC(=O)CN(C)[C@@H]2CCN(CC(F)(F)F)C2=O)nc1. The highest BCUT2D eigenvalue weighted by Gasteiger charge is 2.40. The molecular weight excluding hydrogens is 325 g/mol. The fraction of sp³-hybridized carbons (Fsp3) is 0.533. The Morgan fingerprint density at radius 1 is 1.46 bits per heavy atom. The van der Waals surface area contributed by atoms with Crippen molar-refractivity contribution in [2.24, 2.45) is 0 Å². The lowest BCUT2D eigenvalue weighted by Gasteiger charge is -2.23. The molecule has 1 aromatic heterocycles. The Morgan fingerprint density at radius 2 is 2.17 bits per heavy atom. The van der Waals surface area contributed by atoms with E-state index in [2.05, 4.69) is 10.3 Å². The van der Waals surface area contributed by atoms with Crippen molar-refractivity contribution >= 4 is 17.6 Å². The summed E-state index contributed by atoms with van der Waals surface area (Å²) < 4.78 is 37.2. The number of likely N-dealkylation sites (tertiary alicyclic amines) is 1. The van der Waals surface area contributed by atoms with Crippen LogP contribution in [0, 0.1) is 6.92 Å². The number of nitrogens with one attached hydrogen (secondary N) is 1. The number of rotatable bonds is 5. The van der Waals surface area contributed by atoms with Crippen molar-refractivity contribution in [2.45, 2.75) is 25.6 Å². The molecular formula is C15H19F3N4O2. The highest BCUT2D eigenvalue weighted by molar-refractivity contribution is 5.92. The zero-order valence-corrected chi connectivity index (χ0v) is 13.4. The number of nitrogens with zero attached hydrogens (tertiary/aromatic N) is 3. The number of halogens is 3. The minimum Gasteiger partial charge on any atom is -0.332 e. The van der Waals surface area contributed by atoms with Crippen molar-refractivity contribution < 1.29 is 22.8 Å². The topological polar surface area (TPSA) is 65.5 Å². The van der Waals surface area contributed by atoms with Crippen molar-refractivity contribution in [2.75, 3.05) is 32.0 Å². The van der Waals surface area contributed by atoms with E-state index >= 15 is 0 Å². The molecule has 1 aliphatic heterocycles. The molecule has 0 saturated carbocycles. The van der Waals surface area contributed by atoms with Crippen LogP contribution < -0.4 is 5.32 Å². The number of anilines is 1. The molecule has 1 aliphatic rings. The molecule has 0 aromatic carbocycles. The molecule has 6 nitrogen and oxygen atoms in total. The first-order valence-electron chi connectivity index (χ1n) is 7.44. The maximum Gasteiger partial charge on any atom is 0.406 e. The van der Waals surface area contributed by atoms with Crippen molar-refractivity contribution in [1.29, 1.82) is 0 Å². The molecule has 1 N–H and O–H groups in total. The third kappa shape index (κ3) is 4.92. The zero-order valence-electron chi connectivity index (χ0n) is 13.4. The smallest absolute Gasteiger partial charge is 0.332 e. The molecule has 1 saturated heterocycles. The molecule has 2 rings (SSSR count). The van der Waals surface area contributed by atoms with E-state index in [1.54, 1.807) is 25.4 Å². The quantitative estimate of drug-likeness (QED) is 0.877. The Morgan fingerprint density at radius 3 is 2.75 bits per heavy atom. The molecule has 0 bridgehead atoms. The van der Waals surface area contributed by atoms with Crippen LogP contribution in [-0.2, 0) is 9.59 Å². The molecule has 2 heterocycles. The van der Waals surface area contributed by atoms with Crippen LogP contribution in [0.25, 0.3) is 0 Å². The summed E-state index contributed by atoms with van der Waals surface area (Å²) in [5, 5.41) is 2.59. The maximum atomic E-state index is 12.4. The number of carbonyl (C=O) groups is 2. The first-order chi connectivity index (χ1) is 11.2. The number of aryl methyl sites for hydroxylation is 1. The van der Waals surface area contributed by atoms with Crippen LogP contribution in [0.1, 0.15) is 12.0 Å². The molecule has 0 spiro atoms. The first-order valence-corrected chi connectivity index (χ1v) is 7.44. The minimum absolute atomic E-state index is 0.0362.